The number of nitrogens with one attached hydrogen (secondary N) is 1. The minimum absolute atomic E-state index is 0.0569. The van der Waals surface area contributed by atoms with Crippen molar-refractivity contribution in [2.45, 2.75) is 32.5 Å². The Hall–Kier alpha value is -2.99. The molecule has 4 rings (SSSR count). The van der Waals surface area contributed by atoms with Crippen LogP contribution in [0.1, 0.15) is 50.5 Å². The first kappa shape index (κ1) is 18.4. The Morgan fingerprint density at radius 3 is 2.50 bits per heavy atom. The predicted octanol–water partition coefficient (Wildman–Crippen LogP) is 2.31. The number of hydrogen-bond donors (Lipinski definition) is 1. The molecular formula is C22H23N3O3. The molecule has 0 aromatic heterocycles. The van der Waals surface area contributed by atoms with Crippen molar-refractivity contribution >= 4 is 17.7 Å². The first-order valence-electron chi connectivity index (χ1n) is 9.56. The second kappa shape index (κ2) is 7.20. The molecule has 2 aromatic rings. The van der Waals surface area contributed by atoms with E-state index in [0.717, 1.165) is 12.1 Å². The summed E-state index contributed by atoms with van der Waals surface area (Å²) >= 11 is 0. The number of amides is 3. The molecule has 0 radical (unpaired) electrons. The fraction of sp³-hybridized carbons (Fsp3) is 0.318. The standard InChI is InChI=1S/C22H23N3O3/c1-14-15(2)24(11-10-23-14)20(26)17-8-9-18-19(12-17)22(28)25(21(18)27)13-16-6-4-3-5-7-16/h3-9,12,14-15,23H,10-11,13H2,1-2H3. The van der Waals surface area contributed by atoms with Crippen LogP contribution in [0.25, 0.3) is 0 Å². The zero-order valence-corrected chi connectivity index (χ0v) is 16.0. The monoisotopic (exact) mass is 377 g/mol. The third-order valence-corrected chi connectivity index (χ3v) is 5.70. The van der Waals surface area contributed by atoms with Gasteiger partial charge in [0.05, 0.1) is 17.7 Å². The van der Waals surface area contributed by atoms with Crippen molar-refractivity contribution in [3.63, 3.8) is 0 Å². The lowest BCUT2D eigenvalue weighted by Crippen LogP contribution is -2.57. The van der Waals surface area contributed by atoms with Gasteiger partial charge in [-0.1, -0.05) is 30.3 Å². The molecule has 3 amide bonds. The maximum absolute atomic E-state index is 13.0. The van der Waals surface area contributed by atoms with Gasteiger partial charge in [-0.3, -0.25) is 19.3 Å². The van der Waals surface area contributed by atoms with E-state index in [0.29, 0.717) is 23.2 Å². The molecule has 0 saturated carbocycles. The molecule has 1 saturated heterocycles. The summed E-state index contributed by atoms with van der Waals surface area (Å²) in [6.45, 7) is 5.65. The number of fused-ring (bicyclic) bond motifs is 1. The molecule has 144 valence electrons. The van der Waals surface area contributed by atoms with Crippen LogP contribution in [-0.2, 0) is 6.54 Å². The van der Waals surface area contributed by atoms with Crippen LogP contribution in [0, 0.1) is 0 Å². The summed E-state index contributed by atoms with van der Waals surface area (Å²) < 4.78 is 0. The Labute approximate surface area is 164 Å². The Kier molecular flexibility index (Phi) is 4.73. The molecule has 2 aliphatic heterocycles. The van der Waals surface area contributed by atoms with Crippen LogP contribution in [0.5, 0.6) is 0 Å². The van der Waals surface area contributed by atoms with Gasteiger partial charge in [0.15, 0.2) is 0 Å². The van der Waals surface area contributed by atoms with Crippen LogP contribution < -0.4 is 5.32 Å². The number of carbonyl (C=O) groups is 3. The number of hydrogen-bond acceptors (Lipinski definition) is 4. The van der Waals surface area contributed by atoms with Crippen LogP contribution in [0.4, 0.5) is 0 Å². The molecule has 2 heterocycles. The van der Waals surface area contributed by atoms with E-state index in [2.05, 4.69) is 12.2 Å². The fourth-order valence-corrected chi connectivity index (χ4v) is 3.84. The average Bonchev–Trinajstić information content (AvgIpc) is 2.95. The quantitative estimate of drug-likeness (QED) is 0.834. The van der Waals surface area contributed by atoms with Crippen molar-refractivity contribution in [3.8, 4) is 0 Å². The third-order valence-electron chi connectivity index (χ3n) is 5.70. The lowest BCUT2D eigenvalue weighted by Gasteiger charge is -2.38. The number of nitrogens with zero attached hydrogens (tertiary/aromatic N) is 2. The normalized spacial score (nSPS) is 21.8. The summed E-state index contributed by atoms with van der Waals surface area (Å²) in [5.41, 5.74) is 2.00. The molecular weight excluding hydrogens is 354 g/mol. The number of carbonyl (C=O) groups excluding carboxylic acids is 3. The molecule has 0 spiro atoms. The molecule has 1 fully saturated rings. The summed E-state index contributed by atoms with van der Waals surface area (Å²) in [7, 11) is 0. The van der Waals surface area contributed by atoms with E-state index >= 15 is 0 Å². The van der Waals surface area contributed by atoms with E-state index < -0.39 is 0 Å². The highest BCUT2D eigenvalue weighted by Crippen LogP contribution is 2.26. The molecule has 28 heavy (non-hydrogen) atoms. The van der Waals surface area contributed by atoms with Gasteiger partial charge in [-0.2, -0.15) is 0 Å². The van der Waals surface area contributed by atoms with Crippen LogP contribution >= 0.6 is 0 Å². The van der Waals surface area contributed by atoms with Gasteiger partial charge in [-0.05, 0) is 37.6 Å². The maximum atomic E-state index is 13.0. The highest BCUT2D eigenvalue weighted by Gasteiger charge is 2.37. The van der Waals surface area contributed by atoms with Crippen LogP contribution in [0.2, 0.25) is 0 Å². The molecule has 1 N–H and O–H groups in total. The van der Waals surface area contributed by atoms with E-state index in [1.807, 2.05) is 42.2 Å². The Morgan fingerprint density at radius 1 is 1.04 bits per heavy atom. The first-order chi connectivity index (χ1) is 13.5. The Balaban J connectivity index is 1.59. The lowest BCUT2D eigenvalue weighted by atomic mass is 10.0. The molecule has 2 unspecified atom stereocenters. The lowest BCUT2D eigenvalue weighted by molar-refractivity contribution is 0.0602. The molecule has 0 bridgehead atoms. The number of imide groups is 1. The van der Waals surface area contributed by atoms with Gasteiger partial charge in [0.1, 0.15) is 0 Å². The van der Waals surface area contributed by atoms with E-state index in [1.54, 1.807) is 18.2 Å². The zero-order chi connectivity index (χ0) is 19.8. The van der Waals surface area contributed by atoms with Crippen molar-refractivity contribution < 1.29 is 14.4 Å². The number of rotatable bonds is 3. The van der Waals surface area contributed by atoms with Crippen molar-refractivity contribution in [2.75, 3.05) is 13.1 Å². The highest BCUT2D eigenvalue weighted by molar-refractivity contribution is 6.22. The van der Waals surface area contributed by atoms with Gasteiger partial charge in [-0.15, -0.1) is 0 Å². The highest BCUT2D eigenvalue weighted by atomic mass is 16.2. The van der Waals surface area contributed by atoms with Crippen LogP contribution in [0.3, 0.4) is 0 Å². The van der Waals surface area contributed by atoms with E-state index in [9.17, 15) is 14.4 Å². The Bertz CT molecular complexity index is 941. The average molecular weight is 377 g/mol. The van der Waals surface area contributed by atoms with Crippen LogP contribution in [0.15, 0.2) is 48.5 Å². The van der Waals surface area contributed by atoms with Gasteiger partial charge >= 0.3 is 0 Å². The van der Waals surface area contributed by atoms with Crippen molar-refractivity contribution in [1.29, 1.82) is 0 Å². The minimum Gasteiger partial charge on any atom is -0.333 e. The van der Waals surface area contributed by atoms with Crippen molar-refractivity contribution in [1.82, 2.24) is 15.1 Å². The maximum Gasteiger partial charge on any atom is 0.261 e. The van der Waals surface area contributed by atoms with Crippen LogP contribution in [-0.4, -0.2) is 52.7 Å². The van der Waals surface area contributed by atoms with Gasteiger partial charge in [0.2, 0.25) is 0 Å². The zero-order valence-electron chi connectivity index (χ0n) is 16.0. The largest absolute Gasteiger partial charge is 0.333 e. The van der Waals surface area contributed by atoms with Gasteiger partial charge in [0.25, 0.3) is 17.7 Å². The Morgan fingerprint density at radius 2 is 1.75 bits per heavy atom. The minimum atomic E-state index is -0.347. The summed E-state index contributed by atoms with van der Waals surface area (Å²) in [4.78, 5) is 41.6. The molecule has 2 aliphatic rings. The summed E-state index contributed by atoms with van der Waals surface area (Å²) in [6, 6.07) is 14.5. The number of benzene rings is 2. The third kappa shape index (κ3) is 3.10. The molecule has 2 aromatic carbocycles. The summed E-state index contributed by atoms with van der Waals surface area (Å²) in [5.74, 6) is -0.766. The molecule has 2 atom stereocenters. The van der Waals surface area contributed by atoms with Gasteiger partial charge in [-0.25, -0.2) is 0 Å². The van der Waals surface area contributed by atoms with Gasteiger partial charge in [0, 0.05) is 30.7 Å². The van der Waals surface area contributed by atoms with Gasteiger partial charge < -0.3 is 10.2 Å². The first-order valence-corrected chi connectivity index (χ1v) is 9.56. The number of piperazine rings is 1. The fourth-order valence-electron chi connectivity index (χ4n) is 3.84. The second-order valence-electron chi connectivity index (χ2n) is 7.42. The van der Waals surface area contributed by atoms with Crippen molar-refractivity contribution in [2.24, 2.45) is 0 Å². The predicted molar refractivity (Wildman–Crippen MR) is 105 cm³/mol. The molecule has 6 heteroatoms. The SMILES string of the molecule is CC1NCCN(C(=O)c2ccc3c(c2)C(=O)N(Cc2ccccc2)C3=O)C1C. The van der Waals surface area contributed by atoms with E-state index in [1.165, 1.54) is 4.90 Å². The molecule has 6 nitrogen and oxygen atoms in total. The topological polar surface area (TPSA) is 69.7 Å². The summed E-state index contributed by atoms with van der Waals surface area (Å²) in [5, 5.41) is 3.35. The smallest absolute Gasteiger partial charge is 0.261 e. The van der Waals surface area contributed by atoms with E-state index in [4.69, 9.17) is 0 Å². The second-order valence-corrected chi connectivity index (χ2v) is 7.42. The summed E-state index contributed by atoms with van der Waals surface area (Å²) in [6.07, 6.45) is 0. The molecule has 0 aliphatic carbocycles. The van der Waals surface area contributed by atoms with Crippen molar-refractivity contribution in [3.05, 3.63) is 70.8 Å². The van der Waals surface area contributed by atoms with E-state index in [-0.39, 0.29) is 36.3 Å².